The van der Waals surface area contributed by atoms with Gasteiger partial charge in [0.25, 0.3) is 0 Å². The lowest BCUT2D eigenvalue weighted by Crippen LogP contribution is -2.53. The lowest BCUT2D eigenvalue weighted by Gasteiger charge is -2.31. The van der Waals surface area contributed by atoms with E-state index >= 15 is 0 Å². The van der Waals surface area contributed by atoms with E-state index in [4.69, 9.17) is 9.47 Å². The highest BCUT2D eigenvalue weighted by Crippen LogP contribution is 2.40. The quantitative estimate of drug-likeness (QED) is 0.665. The number of amides is 2. The summed E-state index contributed by atoms with van der Waals surface area (Å²) in [4.78, 5) is 40.4. The lowest BCUT2D eigenvalue weighted by atomic mass is 9.76. The fourth-order valence-electron chi connectivity index (χ4n) is 4.87. The van der Waals surface area contributed by atoms with Crippen molar-refractivity contribution in [3.8, 4) is 0 Å². The van der Waals surface area contributed by atoms with E-state index in [1.54, 1.807) is 4.90 Å². The largest absolute Gasteiger partial charge is 0.444 e. The summed E-state index contributed by atoms with van der Waals surface area (Å²) in [5.41, 5.74) is -0.798. The van der Waals surface area contributed by atoms with E-state index < -0.39 is 28.8 Å². The summed E-state index contributed by atoms with van der Waals surface area (Å²) in [6.45, 7) is 13.7. The third-order valence-corrected chi connectivity index (χ3v) is 6.62. The van der Waals surface area contributed by atoms with Crippen LogP contribution in [0.4, 0.5) is 9.59 Å². The Morgan fingerprint density at radius 2 is 1.74 bits per heavy atom. The van der Waals surface area contributed by atoms with E-state index in [-0.39, 0.29) is 30.3 Å². The molecule has 1 aromatic rings. The van der Waals surface area contributed by atoms with Crippen LogP contribution < -0.4 is 10.6 Å². The van der Waals surface area contributed by atoms with E-state index in [2.05, 4.69) is 10.6 Å². The standard InChI is InChI=1S/C27H41N3O5/c1-25(2,3)34-23(32)29-19(15-18-11-9-8-10-12-18)20-16-27(7)21(28-20)17-30(14-13-22(27)31)24(33)35-26(4,5)6/h8-12,19-21,28H,13-17H2,1-7H3,(H,29,32). The first kappa shape index (κ1) is 27.0. The second kappa shape index (κ2) is 10.2. The van der Waals surface area contributed by atoms with Crippen LogP contribution in [0.25, 0.3) is 0 Å². The first-order valence-electron chi connectivity index (χ1n) is 12.5. The van der Waals surface area contributed by atoms with Gasteiger partial charge in [-0.3, -0.25) is 4.79 Å². The van der Waals surface area contributed by atoms with Crippen molar-refractivity contribution in [1.29, 1.82) is 0 Å². The Labute approximate surface area is 209 Å². The van der Waals surface area contributed by atoms with Gasteiger partial charge in [0.15, 0.2) is 0 Å². The molecule has 8 nitrogen and oxygen atoms in total. The molecule has 3 rings (SSSR count). The van der Waals surface area contributed by atoms with Crippen LogP contribution in [0, 0.1) is 5.41 Å². The molecule has 2 aliphatic rings. The summed E-state index contributed by atoms with van der Waals surface area (Å²) in [6.07, 6.45) is 0.534. The minimum absolute atomic E-state index is 0.124. The fraction of sp³-hybridized carbons (Fsp3) is 0.667. The number of benzene rings is 1. The topological polar surface area (TPSA) is 97.0 Å². The van der Waals surface area contributed by atoms with Crippen LogP contribution in [0.3, 0.4) is 0 Å². The zero-order chi connectivity index (χ0) is 26.0. The predicted molar refractivity (Wildman–Crippen MR) is 134 cm³/mol. The molecule has 2 N–H and O–H groups in total. The van der Waals surface area contributed by atoms with Gasteiger partial charge in [-0.15, -0.1) is 0 Å². The number of hydrogen-bond donors (Lipinski definition) is 2. The molecule has 0 spiro atoms. The van der Waals surface area contributed by atoms with E-state index in [0.29, 0.717) is 25.9 Å². The molecule has 0 aliphatic carbocycles. The average molecular weight is 488 g/mol. The van der Waals surface area contributed by atoms with Gasteiger partial charge >= 0.3 is 12.2 Å². The molecule has 0 bridgehead atoms. The molecular weight excluding hydrogens is 446 g/mol. The summed E-state index contributed by atoms with van der Waals surface area (Å²) in [5.74, 6) is 0.124. The van der Waals surface area contributed by atoms with Crippen molar-refractivity contribution in [3.05, 3.63) is 35.9 Å². The van der Waals surface area contributed by atoms with Gasteiger partial charge in [0.05, 0.1) is 6.04 Å². The number of ketones is 1. The van der Waals surface area contributed by atoms with Crippen LogP contribution in [-0.2, 0) is 20.7 Å². The van der Waals surface area contributed by atoms with E-state index in [1.807, 2.05) is 78.8 Å². The Morgan fingerprint density at radius 3 is 2.34 bits per heavy atom. The zero-order valence-electron chi connectivity index (χ0n) is 22.1. The van der Waals surface area contributed by atoms with Gasteiger partial charge in [-0.05, 0) is 59.9 Å². The second-order valence-electron chi connectivity index (χ2n) is 12.0. The minimum atomic E-state index is -0.647. The maximum absolute atomic E-state index is 13.3. The monoisotopic (exact) mass is 487 g/mol. The third kappa shape index (κ3) is 7.19. The zero-order valence-corrected chi connectivity index (χ0v) is 22.1. The summed E-state index contributed by atoms with van der Waals surface area (Å²) >= 11 is 0. The Balaban J connectivity index is 1.81. The number of carbonyl (C=O) groups is 3. The molecule has 0 radical (unpaired) electrons. The number of rotatable bonds is 4. The molecule has 2 heterocycles. The van der Waals surface area contributed by atoms with Crippen molar-refractivity contribution in [2.24, 2.45) is 5.41 Å². The number of likely N-dealkylation sites (tertiary alicyclic amines) is 1. The first-order valence-corrected chi connectivity index (χ1v) is 12.5. The Kier molecular flexibility index (Phi) is 7.84. The maximum Gasteiger partial charge on any atom is 0.410 e. The molecule has 194 valence electrons. The van der Waals surface area contributed by atoms with Crippen LogP contribution in [0.5, 0.6) is 0 Å². The maximum atomic E-state index is 13.3. The first-order chi connectivity index (χ1) is 16.2. The van der Waals surface area contributed by atoms with Crippen molar-refractivity contribution in [2.45, 2.75) is 97.1 Å². The summed E-state index contributed by atoms with van der Waals surface area (Å²) in [5, 5.41) is 6.65. The summed E-state index contributed by atoms with van der Waals surface area (Å²) in [6, 6.07) is 9.23. The van der Waals surface area contributed by atoms with Crippen LogP contribution >= 0.6 is 0 Å². The Hall–Kier alpha value is -2.61. The predicted octanol–water partition coefficient (Wildman–Crippen LogP) is 4.07. The van der Waals surface area contributed by atoms with Gasteiger partial charge in [-0.1, -0.05) is 37.3 Å². The Bertz CT molecular complexity index is 921. The van der Waals surface area contributed by atoms with Gasteiger partial charge in [0, 0.05) is 37.0 Å². The number of hydrogen-bond acceptors (Lipinski definition) is 6. The molecule has 4 atom stereocenters. The van der Waals surface area contributed by atoms with E-state index in [0.717, 1.165) is 5.56 Å². The van der Waals surface area contributed by atoms with Crippen LogP contribution in [0.1, 0.15) is 66.9 Å². The normalized spacial score (nSPS) is 25.9. The highest BCUT2D eigenvalue weighted by atomic mass is 16.6. The molecule has 2 amide bonds. The number of fused-ring (bicyclic) bond motifs is 1. The molecule has 35 heavy (non-hydrogen) atoms. The van der Waals surface area contributed by atoms with Gasteiger partial charge in [-0.2, -0.15) is 0 Å². The third-order valence-electron chi connectivity index (χ3n) is 6.62. The lowest BCUT2D eigenvalue weighted by molar-refractivity contribution is -0.127. The number of Topliss-reactive ketones (excluding diaryl/α,β-unsaturated/α-hetero) is 1. The van der Waals surface area contributed by atoms with Gasteiger partial charge in [0.2, 0.25) is 0 Å². The van der Waals surface area contributed by atoms with Crippen molar-refractivity contribution in [1.82, 2.24) is 15.5 Å². The number of ether oxygens (including phenoxy) is 2. The van der Waals surface area contributed by atoms with Crippen LogP contribution in [-0.4, -0.2) is 65.3 Å². The minimum Gasteiger partial charge on any atom is -0.444 e. The average Bonchev–Trinajstić information content (AvgIpc) is 3.00. The summed E-state index contributed by atoms with van der Waals surface area (Å²) < 4.78 is 11.1. The van der Waals surface area contributed by atoms with Crippen molar-refractivity contribution < 1.29 is 23.9 Å². The molecular formula is C27H41N3O5. The SMILES string of the molecule is CC(C)(C)OC(=O)NC(Cc1ccccc1)C1CC2(C)C(=O)CCN(C(=O)OC(C)(C)C)CC2N1. The van der Waals surface area contributed by atoms with Crippen molar-refractivity contribution in [2.75, 3.05) is 13.1 Å². The Morgan fingerprint density at radius 1 is 1.11 bits per heavy atom. The number of nitrogens with zero attached hydrogens (tertiary/aromatic N) is 1. The van der Waals surface area contributed by atoms with Crippen molar-refractivity contribution in [3.63, 3.8) is 0 Å². The number of carbonyl (C=O) groups excluding carboxylic acids is 3. The van der Waals surface area contributed by atoms with Gasteiger partial charge in [-0.25, -0.2) is 9.59 Å². The molecule has 2 fully saturated rings. The van der Waals surface area contributed by atoms with E-state index in [1.165, 1.54) is 0 Å². The van der Waals surface area contributed by atoms with Crippen LogP contribution in [0.2, 0.25) is 0 Å². The highest BCUT2D eigenvalue weighted by molar-refractivity contribution is 5.87. The molecule has 0 aromatic heterocycles. The van der Waals surface area contributed by atoms with Gasteiger partial charge in [0.1, 0.15) is 17.0 Å². The second-order valence-corrected chi connectivity index (χ2v) is 12.0. The molecule has 4 unspecified atom stereocenters. The van der Waals surface area contributed by atoms with Crippen LogP contribution in [0.15, 0.2) is 30.3 Å². The molecule has 0 saturated carbocycles. The fourth-order valence-corrected chi connectivity index (χ4v) is 4.87. The molecule has 2 saturated heterocycles. The van der Waals surface area contributed by atoms with Crippen molar-refractivity contribution >= 4 is 18.0 Å². The van der Waals surface area contributed by atoms with Gasteiger partial charge < -0.3 is 25.0 Å². The molecule has 8 heteroatoms. The molecule has 1 aromatic carbocycles. The number of alkyl carbamates (subject to hydrolysis) is 1. The number of nitrogens with one attached hydrogen (secondary N) is 2. The highest BCUT2D eigenvalue weighted by Gasteiger charge is 2.52. The summed E-state index contributed by atoms with van der Waals surface area (Å²) in [7, 11) is 0. The smallest absolute Gasteiger partial charge is 0.410 e. The molecule has 2 aliphatic heterocycles. The van der Waals surface area contributed by atoms with E-state index in [9.17, 15) is 14.4 Å².